The van der Waals surface area contributed by atoms with E-state index in [1.165, 1.54) is 44.5 Å². The zero-order valence-electron chi connectivity index (χ0n) is 15.6. The fourth-order valence-electron chi connectivity index (χ4n) is 4.03. The molecule has 0 bridgehead atoms. The number of hydrogen-bond acceptors (Lipinski definition) is 0. The van der Waals surface area contributed by atoms with E-state index in [1.807, 2.05) is 0 Å². The van der Waals surface area contributed by atoms with Gasteiger partial charge in [0.2, 0.25) is 0 Å². The highest BCUT2D eigenvalue weighted by Gasteiger charge is 2.22. The van der Waals surface area contributed by atoms with Gasteiger partial charge in [-0.1, -0.05) is 88.9 Å². The van der Waals surface area contributed by atoms with Gasteiger partial charge in [0.25, 0.3) is 0 Å². The maximum Gasteiger partial charge on any atom is 0.0305 e. The standard InChI is InChI=1S/C24H28/c1-6-20-7-8-21(15-20)24(22-11-16(2)9-17(3)12-22)23-13-18(4)10-19(5)14-23/h7,9-15,24H,6,8H2,1-5H3. The minimum absolute atomic E-state index is 0.363. The van der Waals surface area contributed by atoms with Gasteiger partial charge < -0.3 is 0 Å². The fraction of sp³-hybridized carbons (Fsp3) is 0.333. The van der Waals surface area contributed by atoms with E-state index in [2.05, 4.69) is 83.2 Å². The number of aryl methyl sites for hydroxylation is 4. The van der Waals surface area contributed by atoms with Crippen molar-refractivity contribution < 1.29 is 0 Å². The third kappa shape index (κ3) is 3.53. The minimum Gasteiger partial charge on any atom is -0.0772 e. The van der Waals surface area contributed by atoms with Crippen LogP contribution >= 0.6 is 0 Å². The monoisotopic (exact) mass is 316 g/mol. The molecule has 2 aromatic carbocycles. The van der Waals surface area contributed by atoms with Crippen molar-refractivity contribution in [2.75, 3.05) is 0 Å². The van der Waals surface area contributed by atoms with Crippen LogP contribution in [0.2, 0.25) is 0 Å². The Labute approximate surface area is 146 Å². The van der Waals surface area contributed by atoms with Crippen LogP contribution in [0.4, 0.5) is 0 Å². The van der Waals surface area contributed by atoms with E-state index in [-0.39, 0.29) is 0 Å². The van der Waals surface area contributed by atoms with Crippen LogP contribution in [0.3, 0.4) is 0 Å². The van der Waals surface area contributed by atoms with Gasteiger partial charge in [-0.05, 0) is 51.7 Å². The topological polar surface area (TPSA) is 0 Å². The zero-order chi connectivity index (χ0) is 17.3. The lowest BCUT2D eigenvalue weighted by molar-refractivity contribution is 0.911. The molecule has 0 aromatic heterocycles. The van der Waals surface area contributed by atoms with Crippen LogP contribution in [0, 0.1) is 27.7 Å². The van der Waals surface area contributed by atoms with Gasteiger partial charge in [0.15, 0.2) is 0 Å². The first-order valence-electron chi connectivity index (χ1n) is 9.02. The van der Waals surface area contributed by atoms with Crippen LogP contribution in [-0.2, 0) is 0 Å². The molecular formula is C24H28. The van der Waals surface area contributed by atoms with E-state index in [4.69, 9.17) is 0 Å². The molecule has 0 unspecified atom stereocenters. The highest BCUT2D eigenvalue weighted by Crippen LogP contribution is 2.39. The highest BCUT2D eigenvalue weighted by molar-refractivity contribution is 5.50. The van der Waals surface area contributed by atoms with Gasteiger partial charge in [-0.2, -0.15) is 0 Å². The van der Waals surface area contributed by atoms with Gasteiger partial charge in [0.1, 0.15) is 0 Å². The predicted molar refractivity (Wildman–Crippen MR) is 105 cm³/mol. The number of hydrogen-bond donors (Lipinski definition) is 0. The first-order valence-corrected chi connectivity index (χ1v) is 9.02. The molecule has 0 spiro atoms. The summed E-state index contributed by atoms with van der Waals surface area (Å²) in [5, 5.41) is 0. The quantitative estimate of drug-likeness (QED) is 0.587. The molecule has 0 N–H and O–H groups in total. The normalized spacial score (nSPS) is 14.1. The van der Waals surface area contributed by atoms with E-state index in [1.54, 1.807) is 0 Å². The van der Waals surface area contributed by atoms with Crippen molar-refractivity contribution in [2.24, 2.45) is 0 Å². The van der Waals surface area contributed by atoms with Crippen molar-refractivity contribution in [3.63, 3.8) is 0 Å². The van der Waals surface area contributed by atoms with Gasteiger partial charge in [-0.15, -0.1) is 0 Å². The number of allylic oxidation sites excluding steroid dienone is 4. The lowest BCUT2D eigenvalue weighted by atomic mass is 9.82. The lowest BCUT2D eigenvalue weighted by Crippen LogP contribution is -2.06. The predicted octanol–water partition coefficient (Wildman–Crippen LogP) is 6.72. The van der Waals surface area contributed by atoms with Gasteiger partial charge in [0.05, 0.1) is 0 Å². The molecule has 0 atom stereocenters. The number of rotatable bonds is 4. The van der Waals surface area contributed by atoms with Gasteiger partial charge in [0, 0.05) is 5.92 Å². The van der Waals surface area contributed by atoms with E-state index in [0.717, 1.165) is 12.8 Å². The minimum atomic E-state index is 0.363. The van der Waals surface area contributed by atoms with E-state index < -0.39 is 0 Å². The van der Waals surface area contributed by atoms with Crippen molar-refractivity contribution in [3.05, 3.63) is 93.1 Å². The molecule has 0 saturated carbocycles. The summed E-state index contributed by atoms with van der Waals surface area (Å²) >= 11 is 0. The first kappa shape index (κ1) is 16.8. The Morgan fingerprint density at radius 3 is 1.58 bits per heavy atom. The molecule has 0 heteroatoms. The van der Waals surface area contributed by atoms with E-state index >= 15 is 0 Å². The molecule has 3 rings (SSSR count). The molecule has 24 heavy (non-hydrogen) atoms. The van der Waals surface area contributed by atoms with Crippen LogP contribution in [0.5, 0.6) is 0 Å². The second-order valence-corrected chi connectivity index (χ2v) is 7.33. The second kappa shape index (κ2) is 6.81. The van der Waals surface area contributed by atoms with Gasteiger partial charge in [-0.3, -0.25) is 0 Å². The zero-order valence-corrected chi connectivity index (χ0v) is 15.6. The smallest absolute Gasteiger partial charge is 0.0305 e. The SMILES string of the molecule is CCC1=CCC(C(c2cc(C)cc(C)c2)c2cc(C)cc(C)c2)=C1. The van der Waals surface area contributed by atoms with Crippen molar-refractivity contribution >= 4 is 0 Å². The summed E-state index contributed by atoms with van der Waals surface area (Å²) < 4.78 is 0. The summed E-state index contributed by atoms with van der Waals surface area (Å²) in [5.74, 6) is 0.363. The summed E-state index contributed by atoms with van der Waals surface area (Å²) in [5.41, 5.74) is 11.3. The van der Waals surface area contributed by atoms with Crippen LogP contribution < -0.4 is 0 Å². The molecule has 0 nitrogen and oxygen atoms in total. The third-order valence-corrected chi connectivity index (χ3v) is 4.90. The first-order chi connectivity index (χ1) is 11.5. The van der Waals surface area contributed by atoms with Crippen LogP contribution in [0.15, 0.2) is 59.7 Å². The van der Waals surface area contributed by atoms with Crippen LogP contribution in [-0.4, -0.2) is 0 Å². The highest BCUT2D eigenvalue weighted by atomic mass is 14.3. The van der Waals surface area contributed by atoms with Crippen molar-refractivity contribution in [1.29, 1.82) is 0 Å². The Balaban J connectivity index is 2.14. The molecule has 0 saturated heterocycles. The Morgan fingerprint density at radius 1 is 0.750 bits per heavy atom. The summed E-state index contributed by atoms with van der Waals surface area (Å²) in [4.78, 5) is 0. The molecule has 1 aliphatic carbocycles. The molecule has 124 valence electrons. The maximum atomic E-state index is 2.43. The average Bonchev–Trinajstić information content (AvgIpc) is 2.94. The van der Waals surface area contributed by atoms with Gasteiger partial charge >= 0.3 is 0 Å². The second-order valence-electron chi connectivity index (χ2n) is 7.33. The molecule has 0 heterocycles. The summed E-state index contributed by atoms with van der Waals surface area (Å²) in [6.07, 6.45) is 7.03. The molecule has 0 fully saturated rings. The Kier molecular flexibility index (Phi) is 4.76. The Morgan fingerprint density at radius 2 is 1.21 bits per heavy atom. The average molecular weight is 316 g/mol. The molecular weight excluding hydrogens is 288 g/mol. The summed E-state index contributed by atoms with van der Waals surface area (Å²) in [6, 6.07) is 14.0. The number of benzene rings is 2. The van der Waals surface area contributed by atoms with Crippen molar-refractivity contribution in [2.45, 2.75) is 53.4 Å². The maximum absolute atomic E-state index is 2.43. The third-order valence-electron chi connectivity index (χ3n) is 4.90. The molecule has 1 aliphatic rings. The molecule has 0 amide bonds. The van der Waals surface area contributed by atoms with Crippen LogP contribution in [0.1, 0.15) is 59.1 Å². The largest absolute Gasteiger partial charge is 0.0772 e. The van der Waals surface area contributed by atoms with E-state index in [9.17, 15) is 0 Å². The van der Waals surface area contributed by atoms with E-state index in [0.29, 0.717) is 5.92 Å². The summed E-state index contributed by atoms with van der Waals surface area (Å²) in [7, 11) is 0. The Bertz CT molecular complexity index is 726. The Hall–Kier alpha value is -2.08. The summed E-state index contributed by atoms with van der Waals surface area (Å²) in [6.45, 7) is 11.1. The van der Waals surface area contributed by atoms with Crippen molar-refractivity contribution in [3.8, 4) is 0 Å². The van der Waals surface area contributed by atoms with Crippen molar-refractivity contribution in [1.82, 2.24) is 0 Å². The lowest BCUT2D eigenvalue weighted by Gasteiger charge is -2.22. The molecule has 2 aromatic rings. The van der Waals surface area contributed by atoms with Crippen LogP contribution in [0.25, 0.3) is 0 Å². The molecule has 0 radical (unpaired) electrons. The van der Waals surface area contributed by atoms with Gasteiger partial charge in [-0.25, -0.2) is 0 Å². The fourth-order valence-corrected chi connectivity index (χ4v) is 4.03. The molecule has 0 aliphatic heterocycles.